The van der Waals surface area contributed by atoms with E-state index >= 15 is 0 Å². The van der Waals surface area contributed by atoms with Crippen molar-refractivity contribution < 1.29 is 9.47 Å². The van der Waals surface area contributed by atoms with E-state index in [1.807, 2.05) is 11.4 Å². The Hall–Kier alpha value is -0.950. The van der Waals surface area contributed by atoms with Gasteiger partial charge in [-0.1, -0.05) is 0 Å². The average molecular weight is 316 g/mol. The zero-order chi connectivity index (χ0) is 14.2. The summed E-state index contributed by atoms with van der Waals surface area (Å²) in [7, 11) is 1.67. The Balaban J connectivity index is 1.72. The van der Waals surface area contributed by atoms with Gasteiger partial charge in [0.25, 0.3) is 0 Å². The van der Waals surface area contributed by atoms with Crippen LogP contribution < -0.4 is 5.32 Å². The van der Waals surface area contributed by atoms with E-state index in [0.29, 0.717) is 13.2 Å². The summed E-state index contributed by atoms with van der Waals surface area (Å²) < 4.78 is 10.3. The molecule has 0 aromatic carbocycles. The minimum Gasteiger partial charge on any atom is -0.382 e. The summed E-state index contributed by atoms with van der Waals surface area (Å²) in [4.78, 5) is 9.33. The summed E-state index contributed by atoms with van der Waals surface area (Å²) in [6.07, 6.45) is 2.02. The van der Waals surface area contributed by atoms with Crippen LogP contribution in [0.25, 0.3) is 10.2 Å². The van der Waals surface area contributed by atoms with Gasteiger partial charge in [0, 0.05) is 20.3 Å². The van der Waals surface area contributed by atoms with E-state index in [4.69, 9.17) is 21.1 Å². The number of halogens is 1. The molecule has 0 amide bonds. The van der Waals surface area contributed by atoms with Crippen LogP contribution >= 0.6 is 22.9 Å². The molecule has 0 fully saturated rings. The minimum absolute atomic E-state index is 0.283. The van der Waals surface area contributed by atoms with Crippen molar-refractivity contribution in [3.8, 4) is 0 Å². The second kappa shape index (κ2) is 8.36. The summed E-state index contributed by atoms with van der Waals surface area (Å²) in [5.74, 6) is 0.807. The van der Waals surface area contributed by atoms with Gasteiger partial charge in [-0.3, -0.25) is 0 Å². The summed E-state index contributed by atoms with van der Waals surface area (Å²) in [5, 5.41) is 6.60. The maximum atomic E-state index is 5.90. The van der Waals surface area contributed by atoms with Crippen LogP contribution in [0.5, 0.6) is 0 Å². The third-order valence-corrected chi connectivity index (χ3v) is 3.71. The second-order valence-electron chi connectivity index (χ2n) is 4.22. The molecule has 1 N–H and O–H groups in total. The predicted octanol–water partition coefficient (Wildman–Crippen LogP) is 3.20. The quantitative estimate of drug-likeness (QED) is 0.569. The van der Waals surface area contributed by atoms with Crippen molar-refractivity contribution >= 4 is 39.0 Å². The highest BCUT2D eigenvalue weighted by Crippen LogP contribution is 2.26. The second-order valence-corrected chi connectivity index (χ2v) is 5.45. The van der Waals surface area contributed by atoms with Gasteiger partial charge >= 0.3 is 0 Å². The van der Waals surface area contributed by atoms with Crippen LogP contribution in [0.2, 0.25) is 5.28 Å². The fourth-order valence-corrected chi connectivity index (χ4v) is 2.73. The molecule has 0 aliphatic heterocycles. The van der Waals surface area contributed by atoms with Gasteiger partial charge in [-0.05, 0) is 35.9 Å². The Labute approximate surface area is 127 Å². The number of thiophene rings is 1. The normalized spacial score (nSPS) is 11.1. The number of unbranched alkanes of at least 4 members (excludes halogenated alkanes) is 1. The Morgan fingerprint density at radius 3 is 3.00 bits per heavy atom. The number of anilines is 1. The van der Waals surface area contributed by atoms with Crippen LogP contribution in [-0.2, 0) is 9.47 Å². The third-order valence-electron chi connectivity index (χ3n) is 2.74. The van der Waals surface area contributed by atoms with E-state index in [9.17, 15) is 0 Å². The molecule has 0 saturated heterocycles. The number of methoxy groups -OCH3 is 1. The first kappa shape index (κ1) is 15.4. The minimum atomic E-state index is 0.283. The van der Waals surface area contributed by atoms with Gasteiger partial charge in [0.15, 0.2) is 0 Å². The van der Waals surface area contributed by atoms with E-state index in [1.165, 1.54) is 0 Å². The summed E-state index contributed by atoms with van der Waals surface area (Å²) in [6.45, 7) is 2.89. The molecule has 7 heteroatoms. The third kappa shape index (κ3) is 4.56. The van der Waals surface area contributed by atoms with Crippen molar-refractivity contribution in [1.82, 2.24) is 9.97 Å². The molecule has 0 bridgehead atoms. The molecule has 20 heavy (non-hydrogen) atoms. The van der Waals surface area contributed by atoms with Gasteiger partial charge in [-0.15, -0.1) is 11.3 Å². The number of hydrogen-bond donors (Lipinski definition) is 1. The lowest BCUT2D eigenvalue weighted by Crippen LogP contribution is -2.07. The number of nitrogens with one attached hydrogen (secondary N) is 1. The number of fused-ring (bicyclic) bond motifs is 1. The maximum absolute atomic E-state index is 5.90. The lowest BCUT2D eigenvalue weighted by atomic mass is 10.3. The standard InChI is InChI=1S/C13H18ClN3O2S/c1-18-7-8-19-6-3-2-5-15-11-10-4-9-20-12(10)17-13(14)16-11/h4,9H,2-3,5-8H2,1H3,(H,15,16,17). The van der Waals surface area contributed by atoms with Crippen LogP contribution in [0.3, 0.4) is 0 Å². The Bertz CT molecular complexity index is 535. The molecular formula is C13H18ClN3O2S. The molecule has 0 aliphatic rings. The number of nitrogens with zero attached hydrogens (tertiary/aromatic N) is 2. The molecule has 0 saturated carbocycles. The molecule has 2 rings (SSSR count). The zero-order valence-corrected chi connectivity index (χ0v) is 13.0. The van der Waals surface area contributed by atoms with Crippen LogP contribution in [0.1, 0.15) is 12.8 Å². The molecule has 0 unspecified atom stereocenters. The van der Waals surface area contributed by atoms with E-state index < -0.39 is 0 Å². The molecule has 110 valence electrons. The first-order chi connectivity index (χ1) is 9.81. The highest BCUT2D eigenvalue weighted by atomic mass is 35.5. The largest absolute Gasteiger partial charge is 0.382 e. The van der Waals surface area contributed by atoms with Gasteiger partial charge in [0.2, 0.25) is 5.28 Å². The van der Waals surface area contributed by atoms with Crippen LogP contribution in [-0.4, -0.2) is 43.4 Å². The fraction of sp³-hybridized carbons (Fsp3) is 0.538. The molecule has 2 aromatic rings. The van der Waals surface area contributed by atoms with E-state index in [2.05, 4.69) is 15.3 Å². The van der Waals surface area contributed by atoms with Crippen LogP contribution in [0.4, 0.5) is 5.82 Å². The van der Waals surface area contributed by atoms with Gasteiger partial charge in [0.05, 0.1) is 18.6 Å². The average Bonchev–Trinajstić information content (AvgIpc) is 2.89. The number of hydrogen-bond acceptors (Lipinski definition) is 6. The smallest absolute Gasteiger partial charge is 0.225 e. The summed E-state index contributed by atoms with van der Waals surface area (Å²) in [6, 6.07) is 2.01. The van der Waals surface area contributed by atoms with Gasteiger partial charge in [0.1, 0.15) is 10.6 Å². The van der Waals surface area contributed by atoms with Crippen molar-refractivity contribution in [1.29, 1.82) is 0 Å². The molecule has 0 spiro atoms. The van der Waals surface area contributed by atoms with E-state index in [1.54, 1.807) is 18.4 Å². The maximum Gasteiger partial charge on any atom is 0.225 e. The highest BCUT2D eigenvalue weighted by Gasteiger charge is 2.06. The number of aromatic nitrogens is 2. The van der Waals surface area contributed by atoms with E-state index in [-0.39, 0.29) is 5.28 Å². The fourth-order valence-electron chi connectivity index (χ4n) is 1.74. The summed E-state index contributed by atoms with van der Waals surface area (Å²) >= 11 is 7.47. The molecule has 0 atom stereocenters. The van der Waals surface area contributed by atoms with Gasteiger partial charge in [-0.25, -0.2) is 9.97 Å². The van der Waals surface area contributed by atoms with Crippen LogP contribution in [0, 0.1) is 0 Å². The molecule has 2 aromatic heterocycles. The topological polar surface area (TPSA) is 56.3 Å². The first-order valence-corrected chi connectivity index (χ1v) is 7.78. The lowest BCUT2D eigenvalue weighted by molar-refractivity contribution is 0.0691. The molecular weight excluding hydrogens is 298 g/mol. The van der Waals surface area contributed by atoms with Crippen molar-refractivity contribution in [2.45, 2.75) is 12.8 Å². The van der Waals surface area contributed by atoms with Crippen molar-refractivity contribution in [2.75, 3.05) is 38.8 Å². The van der Waals surface area contributed by atoms with Crippen molar-refractivity contribution in [3.63, 3.8) is 0 Å². The molecule has 2 heterocycles. The Morgan fingerprint density at radius 1 is 1.25 bits per heavy atom. The van der Waals surface area contributed by atoms with Crippen LogP contribution in [0.15, 0.2) is 11.4 Å². The SMILES string of the molecule is COCCOCCCCNc1nc(Cl)nc2sccc12. The van der Waals surface area contributed by atoms with E-state index in [0.717, 1.165) is 42.0 Å². The first-order valence-electron chi connectivity index (χ1n) is 6.52. The van der Waals surface area contributed by atoms with Gasteiger partial charge in [-0.2, -0.15) is 0 Å². The number of rotatable bonds is 9. The Kier molecular flexibility index (Phi) is 6.46. The molecule has 0 aliphatic carbocycles. The number of ether oxygens (including phenoxy) is 2. The Morgan fingerprint density at radius 2 is 2.15 bits per heavy atom. The van der Waals surface area contributed by atoms with Crippen molar-refractivity contribution in [2.24, 2.45) is 0 Å². The summed E-state index contributed by atoms with van der Waals surface area (Å²) in [5.41, 5.74) is 0. The zero-order valence-electron chi connectivity index (χ0n) is 11.4. The molecule has 5 nitrogen and oxygen atoms in total. The highest BCUT2D eigenvalue weighted by molar-refractivity contribution is 7.16. The van der Waals surface area contributed by atoms with Gasteiger partial charge < -0.3 is 14.8 Å². The lowest BCUT2D eigenvalue weighted by Gasteiger charge is -2.07. The molecule has 0 radical (unpaired) electrons. The van der Waals surface area contributed by atoms with Crippen molar-refractivity contribution in [3.05, 3.63) is 16.7 Å². The predicted molar refractivity (Wildman–Crippen MR) is 82.8 cm³/mol. The monoisotopic (exact) mass is 315 g/mol.